The van der Waals surface area contributed by atoms with E-state index in [2.05, 4.69) is 5.32 Å². The van der Waals surface area contributed by atoms with Crippen LogP contribution in [0.1, 0.15) is 28.8 Å². The molecular formula is C13H13ClF3NO. The van der Waals surface area contributed by atoms with Crippen molar-refractivity contribution in [3.8, 4) is 0 Å². The van der Waals surface area contributed by atoms with Crippen molar-refractivity contribution in [1.82, 2.24) is 5.32 Å². The number of alkyl halides is 4. The van der Waals surface area contributed by atoms with Gasteiger partial charge in [0.05, 0.1) is 5.56 Å². The van der Waals surface area contributed by atoms with Crippen LogP contribution in [0, 0.1) is 5.41 Å². The first-order valence-corrected chi connectivity index (χ1v) is 6.41. The van der Waals surface area contributed by atoms with Crippen molar-refractivity contribution >= 4 is 17.5 Å². The molecule has 1 saturated carbocycles. The molecule has 104 valence electrons. The Morgan fingerprint density at radius 3 is 2.58 bits per heavy atom. The maximum atomic E-state index is 12.5. The van der Waals surface area contributed by atoms with Gasteiger partial charge in [0.1, 0.15) is 0 Å². The lowest BCUT2D eigenvalue weighted by Crippen LogP contribution is -2.31. The Balaban J connectivity index is 2.03. The lowest BCUT2D eigenvalue weighted by molar-refractivity contribution is -0.137. The third kappa shape index (κ3) is 3.41. The van der Waals surface area contributed by atoms with Crippen LogP contribution in [0.2, 0.25) is 0 Å². The first-order valence-electron chi connectivity index (χ1n) is 5.88. The summed E-state index contributed by atoms with van der Waals surface area (Å²) in [4.78, 5) is 11.8. The molecule has 0 heterocycles. The van der Waals surface area contributed by atoms with Crippen LogP contribution in [0.15, 0.2) is 24.3 Å². The summed E-state index contributed by atoms with van der Waals surface area (Å²) < 4.78 is 37.6. The van der Waals surface area contributed by atoms with Gasteiger partial charge in [-0.1, -0.05) is 6.07 Å². The number of benzene rings is 1. The zero-order valence-corrected chi connectivity index (χ0v) is 10.8. The standard InChI is InChI=1S/C13H13ClF3NO/c14-7-12(4-5-12)8-18-11(19)9-2-1-3-10(6-9)13(15,16)17/h1-3,6H,4-5,7-8H2,(H,18,19). The largest absolute Gasteiger partial charge is 0.416 e. The molecule has 1 fully saturated rings. The molecule has 1 aliphatic rings. The molecule has 0 atom stereocenters. The maximum Gasteiger partial charge on any atom is 0.416 e. The second-order valence-electron chi connectivity index (χ2n) is 4.89. The van der Waals surface area contributed by atoms with Gasteiger partial charge in [0.25, 0.3) is 5.91 Å². The molecule has 0 radical (unpaired) electrons. The van der Waals surface area contributed by atoms with Gasteiger partial charge in [-0.2, -0.15) is 13.2 Å². The van der Waals surface area contributed by atoms with Crippen LogP contribution in [0.25, 0.3) is 0 Å². The van der Waals surface area contributed by atoms with Crippen molar-refractivity contribution < 1.29 is 18.0 Å². The lowest BCUT2D eigenvalue weighted by atomic mass is 10.1. The summed E-state index contributed by atoms with van der Waals surface area (Å²) in [5.74, 6) is -0.0435. The SMILES string of the molecule is O=C(NCC1(CCl)CC1)c1cccc(C(F)(F)F)c1. The average molecular weight is 292 g/mol. The van der Waals surface area contributed by atoms with Gasteiger partial charge in [-0.15, -0.1) is 11.6 Å². The second-order valence-corrected chi connectivity index (χ2v) is 5.16. The van der Waals surface area contributed by atoms with E-state index in [-0.39, 0.29) is 11.0 Å². The quantitative estimate of drug-likeness (QED) is 0.846. The van der Waals surface area contributed by atoms with Gasteiger partial charge in [0.15, 0.2) is 0 Å². The summed E-state index contributed by atoms with van der Waals surface area (Å²) in [7, 11) is 0. The van der Waals surface area contributed by atoms with Crippen LogP contribution in [0.5, 0.6) is 0 Å². The minimum Gasteiger partial charge on any atom is -0.351 e. The summed E-state index contributed by atoms with van der Waals surface area (Å²) in [6.45, 7) is 0.408. The van der Waals surface area contributed by atoms with E-state index in [0.717, 1.165) is 25.0 Å². The summed E-state index contributed by atoms with van der Waals surface area (Å²) in [5, 5.41) is 2.64. The van der Waals surface area contributed by atoms with Crippen molar-refractivity contribution in [2.24, 2.45) is 5.41 Å². The summed E-state index contributed by atoms with van der Waals surface area (Å²) >= 11 is 5.77. The molecule has 0 bridgehead atoms. The van der Waals surface area contributed by atoms with E-state index in [4.69, 9.17) is 11.6 Å². The van der Waals surface area contributed by atoms with Gasteiger partial charge in [0.2, 0.25) is 0 Å². The molecule has 1 amide bonds. The molecule has 1 aromatic rings. The second kappa shape index (κ2) is 5.04. The number of hydrogen-bond donors (Lipinski definition) is 1. The average Bonchev–Trinajstić information content (AvgIpc) is 3.16. The minimum absolute atomic E-state index is 0.0141. The van der Waals surface area contributed by atoms with Crippen molar-refractivity contribution in [2.45, 2.75) is 19.0 Å². The fraction of sp³-hybridized carbons (Fsp3) is 0.462. The van der Waals surface area contributed by atoms with Crippen LogP contribution in [-0.2, 0) is 6.18 Å². The van der Waals surface area contributed by atoms with E-state index in [9.17, 15) is 18.0 Å². The zero-order valence-electron chi connectivity index (χ0n) is 10.1. The topological polar surface area (TPSA) is 29.1 Å². The Bertz CT molecular complexity index is 483. The van der Waals surface area contributed by atoms with E-state index in [1.54, 1.807) is 0 Å². The predicted octanol–water partition coefficient (Wildman–Crippen LogP) is 3.45. The molecule has 6 heteroatoms. The lowest BCUT2D eigenvalue weighted by Gasteiger charge is -2.13. The molecule has 0 aliphatic heterocycles. The van der Waals surface area contributed by atoms with E-state index >= 15 is 0 Å². The highest BCUT2D eigenvalue weighted by Gasteiger charge is 2.41. The number of hydrogen-bond acceptors (Lipinski definition) is 1. The molecule has 0 saturated heterocycles. The van der Waals surface area contributed by atoms with Crippen molar-refractivity contribution in [3.05, 3.63) is 35.4 Å². The van der Waals surface area contributed by atoms with Crippen LogP contribution in [0.3, 0.4) is 0 Å². The number of amides is 1. The Morgan fingerprint density at radius 2 is 2.05 bits per heavy atom. The Hall–Kier alpha value is -1.23. The summed E-state index contributed by atoms with van der Waals surface area (Å²) in [6.07, 6.45) is -2.55. The van der Waals surface area contributed by atoms with E-state index in [1.807, 2.05) is 0 Å². The van der Waals surface area contributed by atoms with E-state index < -0.39 is 17.6 Å². The molecule has 1 N–H and O–H groups in total. The number of nitrogens with one attached hydrogen (secondary N) is 1. The Labute approximate surface area is 113 Å². The van der Waals surface area contributed by atoms with Crippen molar-refractivity contribution in [3.63, 3.8) is 0 Å². The molecule has 1 aromatic carbocycles. The van der Waals surface area contributed by atoms with Gasteiger partial charge >= 0.3 is 6.18 Å². The highest BCUT2D eigenvalue weighted by atomic mass is 35.5. The van der Waals surface area contributed by atoms with E-state index in [1.165, 1.54) is 12.1 Å². The molecule has 19 heavy (non-hydrogen) atoms. The van der Waals surface area contributed by atoms with Crippen molar-refractivity contribution in [1.29, 1.82) is 0 Å². The number of carbonyl (C=O) groups excluding carboxylic acids is 1. The van der Waals surface area contributed by atoms with Crippen molar-refractivity contribution in [2.75, 3.05) is 12.4 Å². The monoisotopic (exact) mass is 291 g/mol. The summed E-state index contributed by atoms with van der Waals surface area (Å²) in [5.41, 5.74) is -0.863. The minimum atomic E-state index is -4.44. The van der Waals surface area contributed by atoms with Crippen LogP contribution < -0.4 is 5.32 Å². The van der Waals surface area contributed by atoms with Crippen LogP contribution >= 0.6 is 11.6 Å². The molecule has 0 spiro atoms. The third-order valence-electron chi connectivity index (χ3n) is 3.32. The van der Waals surface area contributed by atoms with E-state index in [0.29, 0.717) is 12.4 Å². The van der Waals surface area contributed by atoms with Crippen LogP contribution in [-0.4, -0.2) is 18.3 Å². The van der Waals surface area contributed by atoms with Gasteiger partial charge in [-0.3, -0.25) is 4.79 Å². The Kier molecular flexibility index (Phi) is 3.76. The number of carbonyl (C=O) groups is 1. The summed E-state index contributed by atoms with van der Waals surface area (Å²) in [6, 6.07) is 4.39. The van der Waals surface area contributed by atoms with Gasteiger partial charge < -0.3 is 5.32 Å². The smallest absolute Gasteiger partial charge is 0.351 e. The number of halogens is 4. The highest BCUT2D eigenvalue weighted by Crippen LogP contribution is 2.45. The fourth-order valence-corrected chi connectivity index (χ4v) is 2.10. The van der Waals surface area contributed by atoms with Gasteiger partial charge in [-0.25, -0.2) is 0 Å². The molecule has 2 nitrogen and oxygen atoms in total. The molecule has 1 aliphatic carbocycles. The molecule has 0 unspecified atom stereocenters. The number of rotatable bonds is 4. The third-order valence-corrected chi connectivity index (χ3v) is 3.88. The van der Waals surface area contributed by atoms with Gasteiger partial charge in [-0.05, 0) is 31.0 Å². The molecule has 2 rings (SSSR count). The highest BCUT2D eigenvalue weighted by molar-refractivity contribution is 6.18. The predicted molar refractivity (Wildman–Crippen MR) is 66.2 cm³/mol. The Morgan fingerprint density at radius 1 is 1.37 bits per heavy atom. The van der Waals surface area contributed by atoms with Crippen LogP contribution in [0.4, 0.5) is 13.2 Å². The van der Waals surface area contributed by atoms with Gasteiger partial charge in [0, 0.05) is 23.4 Å². The maximum absolute atomic E-state index is 12.5. The first-order chi connectivity index (χ1) is 8.86. The fourth-order valence-electron chi connectivity index (χ4n) is 1.74. The molecule has 0 aromatic heterocycles. The normalized spacial score (nSPS) is 17.1. The zero-order chi connectivity index (χ0) is 14.1. The molecular weight excluding hydrogens is 279 g/mol. The first kappa shape index (κ1) is 14.2.